The second-order valence-electron chi connectivity index (χ2n) is 5.16. The number of benzene rings is 1. The van der Waals surface area contributed by atoms with Gasteiger partial charge in [0.2, 0.25) is 0 Å². The van der Waals surface area contributed by atoms with Gasteiger partial charge in [-0.3, -0.25) is 0 Å². The van der Waals surface area contributed by atoms with E-state index in [2.05, 4.69) is 18.7 Å². The van der Waals surface area contributed by atoms with Crippen LogP contribution in [0.4, 0.5) is 10.1 Å². The average Bonchev–Trinajstić information content (AvgIpc) is 2.32. The molecule has 1 saturated heterocycles. The zero-order valence-corrected chi connectivity index (χ0v) is 10.7. The lowest BCUT2D eigenvalue weighted by Crippen LogP contribution is -2.38. The van der Waals surface area contributed by atoms with Crippen molar-refractivity contribution in [3.05, 3.63) is 29.6 Å². The van der Waals surface area contributed by atoms with Gasteiger partial charge in [0, 0.05) is 18.8 Å². The number of carboxylic acids is 1. The topological polar surface area (TPSA) is 40.5 Å². The smallest absolute Gasteiger partial charge is 0.338 e. The van der Waals surface area contributed by atoms with E-state index in [-0.39, 0.29) is 5.56 Å². The average molecular weight is 251 g/mol. The van der Waals surface area contributed by atoms with E-state index in [0.717, 1.165) is 25.2 Å². The van der Waals surface area contributed by atoms with Gasteiger partial charge in [-0.1, -0.05) is 13.8 Å². The number of carbonyl (C=O) groups is 1. The largest absolute Gasteiger partial charge is 0.478 e. The number of nitrogens with zero attached hydrogens (tertiary/aromatic N) is 1. The Labute approximate surface area is 106 Å². The Morgan fingerprint density at radius 3 is 2.67 bits per heavy atom. The maximum Gasteiger partial charge on any atom is 0.338 e. The van der Waals surface area contributed by atoms with Crippen LogP contribution in [0.2, 0.25) is 0 Å². The molecule has 98 valence electrons. The summed E-state index contributed by atoms with van der Waals surface area (Å²) in [4.78, 5) is 12.9. The Morgan fingerprint density at radius 2 is 2.11 bits per heavy atom. The molecule has 1 aliphatic heterocycles. The quantitative estimate of drug-likeness (QED) is 0.878. The fraction of sp³-hybridized carbons (Fsp3) is 0.500. The highest BCUT2D eigenvalue weighted by Gasteiger charge is 2.23. The van der Waals surface area contributed by atoms with Crippen LogP contribution in [0.25, 0.3) is 0 Å². The van der Waals surface area contributed by atoms with Gasteiger partial charge in [-0.25, -0.2) is 9.18 Å². The highest BCUT2D eigenvalue weighted by molar-refractivity contribution is 5.88. The van der Waals surface area contributed by atoms with Gasteiger partial charge in [0.1, 0.15) is 5.82 Å². The van der Waals surface area contributed by atoms with E-state index < -0.39 is 11.8 Å². The zero-order valence-electron chi connectivity index (χ0n) is 10.7. The van der Waals surface area contributed by atoms with Crippen LogP contribution in [0.15, 0.2) is 18.2 Å². The number of hydrogen-bond acceptors (Lipinski definition) is 2. The summed E-state index contributed by atoms with van der Waals surface area (Å²) in [6.07, 6.45) is 1.09. The van der Waals surface area contributed by atoms with Gasteiger partial charge in [-0.05, 0) is 36.5 Å². The lowest BCUT2D eigenvalue weighted by Gasteiger charge is -2.36. The molecule has 2 rings (SSSR count). The fourth-order valence-electron chi connectivity index (χ4n) is 2.37. The van der Waals surface area contributed by atoms with Crippen LogP contribution in [-0.2, 0) is 0 Å². The molecule has 0 bridgehead atoms. The lowest BCUT2D eigenvalue weighted by molar-refractivity contribution is 0.0692. The van der Waals surface area contributed by atoms with Gasteiger partial charge in [0.25, 0.3) is 0 Å². The van der Waals surface area contributed by atoms with E-state index >= 15 is 0 Å². The molecule has 0 radical (unpaired) electrons. The molecule has 1 fully saturated rings. The fourth-order valence-corrected chi connectivity index (χ4v) is 2.37. The molecule has 0 amide bonds. The molecule has 1 aromatic carbocycles. The number of halogens is 1. The number of anilines is 1. The molecule has 0 saturated carbocycles. The van der Waals surface area contributed by atoms with Crippen LogP contribution in [0.3, 0.4) is 0 Å². The van der Waals surface area contributed by atoms with Gasteiger partial charge < -0.3 is 10.0 Å². The Bertz CT molecular complexity index is 461. The van der Waals surface area contributed by atoms with Crippen molar-refractivity contribution in [3.63, 3.8) is 0 Å². The van der Waals surface area contributed by atoms with E-state index in [1.165, 1.54) is 12.1 Å². The number of hydrogen-bond donors (Lipinski definition) is 1. The third-order valence-electron chi connectivity index (χ3n) is 3.88. The molecule has 2 unspecified atom stereocenters. The molecule has 1 aromatic rings. The number of aromatic carboxylic acids is 1. The maximum absolute atomic E-state index is 13.6. The minimum atomic E-state index is -1.22. The molecule has 0 aromatic heterocycles. The number of rotatable bonds is 2. The summed E-state index contributed by atoms with van der Waals surface area (Å²) >= 11 is 0. The Kier molecular flexibility index (Phi) is 3.55. The van der Waals surface area contributed by atoms with Crippen molar-refractivity contribution in [1.29, 1.82) is 0 Å². The summed E-state index contributed by atoms with van der Waals surface area (Å²) in [7, 11) is 0. The normalized spacial score (nSPS) is 24.1. The second kappa shape index (κ2) is 4.96. The summed E-state index contributed by atoms with van der Waals surface area (Å²) in [5.74, 6) is -0.628. The van der Waals surface area contributed by atoms with Crippen molar-refractivity contribution >= 4 is 11.7 Å². The van der Waals surface area contributed by atoms with Crippen LogP contribution < -0.4 is 4.90 Å². The minimum Gasteiger partial charge on any atom is -0.478 e. The van der Waals surface area contributed by atoms with Crippen LogP contribution in [-0.4, -0.2) is 24.2 Å². The Morgan fingerprint density at radius 1 is 1.39 bits per heavy atom. The van der Waals surface area contributed by atoms with Gasteiger partial charge in [-0.2, -0.15) is 0 Å². The van der Waals surface area contributed by atoms with Gasteiger partial charge in [0.15, 0.2) is 0 Å². The van der Waals surface area contributed by atoms with Crippen LogP contribution in [0, 0.1) is 17.7 Å². The van der Waals surface area contributed by atoms with Crippen molar-refractivity contribution in [2.75, 3.05) is 18.0 Å². The van der Waals surface area contributed by atoms with Crippen molar-refractivity contribution in [3.8, 4) is 0 Å². The van der Waals surface area contributed by atoms with Crippen molar-refractivity contribution < 1.29 is 14.3 Å². The third-order valence-corrected chi connectivity index (χ3v) is 3.88. The molecule has 2 atom stereocenters. The van der Waals surface area contributed by atoms with Crippen molar-refractivity contribution in [1.82, 2.24) is 0 Å². The van der Waals surface area contributed by atoms with Gasteiger partial charge in [-0.15, -0.1) is 0 Å². The highest BCUT2D eigenvalue weighted by atomic mass is 19.1. The highest BCUT2D eigenvalue weighted by Crippen LogP contribution is 2.27. The molecule has 4 heteroatoms. The zero-order chi connectivity index (χ0) is 13.3. The summed E-state index contributed by atoms with van der Waals surface area (Å²) < 4.78 is 13.6. The van der Waals surface area contributed by atoms with Gasteiger partial charge in [0.05, 0.1) is 5.56 Å². The molecule has 0 spiro atoms. The predicted octanol–water partition coefficient (Wildman–Crippen LogP) is 3.01. The summed E-state index contributed by atoms with van der Waals surface area (Å²) in [6, 6.07) is 4.36. The molecule has 1 heterocycles. The molecule has 1 aliphatic rings. The summed E-state index contributed by atoms with van der Waals surface area (Å²) in [5.41, 5.74) is 0.508. The number of piperidine rings is 1. The van der Waals surface area contributed by atoms with E-state index in [4.69, 9.17) is 5.11 Å². The van der Waals surface area contributed by atoms with Crippen LogP contribution in [0.1, 0.15) is 30.6 Å². The van der Waals surface area contributed by atoms with E-state index in [1.807, 2.05) is 0 Å². The van der Waals surface area contributed by atoms with E-state index in [9.17, 15) is 9.18 Å². The van der Waals surface area contributed by atoms with Crippen molar-refractivity contribution in [2.45, 2.75) is 20.3 Å². The monoisotopic (exact) mass is 251 g/mol. The lowest BCUT2D eigenvalue weighted by atomic mass is 9.88. The first kappa shape index (κ1) is 12.9. The molecule has 3 nitrogen and oxygen atoms in total. The SMILES string of the molecule is CC1CCN(c2ccc(C(=O)O)c(F)c2)CC1C. The standard InChI is InChI=1S/C14H18FNO2/c1-9-5-6-16(8-10(9)2)11-3-4-12(14(17)18)13(15)7-11/h3-4,7,9-10H,5-6,8H2,1-2H3,(H,17,18). The third kappa shape index (κ3) is 2.47. The minimum absolute atomic E-state index is 0.267. The molecule has 0 aliphatic carbocycles. The molecule has 18 heavy (non-hydrogen) atoms. The molecular weight excluding hydrogens is 233 g/mol. The Balaban J connectivity index is 2.19. The van der Waals surface area contributed by atoms with Crippen LogP contribution >= 0.6 is 0 Å². The first-order valence-corrected chi connectivity index (χ1v) is 6.27. The predicted molar refractivity (Wildman–Crippen MR) is 68.5 cm³/mol. The number of carboxylic acid groups (broad SMARTS) is 1. The summed E-state index contributed by atoms with van der Waals surface area (Å²) in [5, 5.41) is 8.79. The molecular formula is C14H18FNO2. The van der Waals surface area contributed by atoms with Gasteiger partial charge >= 0.3 is 5.97 Å². The first-order chi connectivity index (χ1) is 8.49. The summed E-state index contributed by atoms with van der Waals surface area (Å²) in [6.45, 7) is 6.22. The van der Waals surface area contributed by atoms with Crippen molar-refractivity contribution in [2.24, 2.45) is 11.8 Å². The van der Waals surface area contributed by atoms with Crippen LogP contribution in [0.5, 0.6) is 0 Å². The first-order valence-electron chi connectivity index (χ1n) is 6.27. The van der Waals surface area contributed by atoms with E-state index in [0.29, 0.717) is 11.8 Å². The molecule has 1 N–H and O–H groups in total. The Hall–Kier alpha value is -1.58. The van der Waals surface area contributed by atoms with E-state index in [1.54, 1.807) is 6.07 Å². The second-order valence-corrected chi connectivity index (χ2v) is 5.16. The maximum atomic E-state index is 13.6.